The molecular weight excluding hydrogens is 444 g/mol. The Morgan fingerprint density at radius 2 is 1.72 bits per heavy atom. The van der Waals surface area contributed by atoms with Gasteiger partial charge < -0.3 is 5.32 Å². The number of hydrogen-bond donors (Lipinski definition) is 2. The number of aromatic nitrogens is 2. The molecule has 0 aliphatic heterocycles. The van der Waals surface area contributed by atoms with Gasteiger partial charge in [-0.25, -0.2) is 8.42 Å². The highest BCUT2D eigenvalue weighted by Crippen LogP contribution is 2.69. The fourth-order valence-electron chi connectivity index (χ4n) is 7.29. The molecule has 4 fully saturated rings. The molecule has 1 aromatic heterocycles. The Morgan fingerprint density at radius 3 is 2.28 bits per heavy atom. The summed E-state index contributed by atoms with van der Waals surface area (Å²) in [6.07, 6.45) is 7.29. The Bertz CT molecular complexity index is 1140. The minimum atomic E-state index is -3.76. The Morgan fingerprint density at radius 1 is 1.06 bits per heavy atom. The molecule has 6 rings (SSSR count). The number of amides is 1. The van der Waals surface area contributed by atoms with E-state index in [4.69, 9.17) is 0 Å². The second kappa shape index (κ2) is 7.25. The molecule has 2 N–H and O–H groups in total. The van der Waals surface area contributed by atoms with Gasteiger partial charge in [0.2, 0.25) is 11.0 Å². The maximum Gasteiger partial charge on any atom is 0.263 e. The summed E-state index contributed by atoms with van der Waals surface area (Å²) in [5.74, 6) is 0.730. The lowest BCUT2D eigenvalue weighted by atomic mass is 9.40. The predicted octanol–water partition coefficient (Wildman–Crippen LogP) is 4.84. The van der Waals surface area contributed by atoms with Gasteiger partial charge in [0, 0.05) is 5.69 Å². The van der Waals surface area contributed by atoms with E-state index >= 15 is 0 Å². The second-order valence-electron chi connectivity index (χ2n) is 10.8. The fraction of sp³-hybridized carbons (Fsp3) is 0.609. The van der Waals surface area contributed by atoms with Crippen LogP contribution in [-0.4, -0.2) is 24.5 Å². The summed E-state index contributed by atoms with van der Waals surface area (Å²) in [6.45, 7) is 6.65. The summed E-state index contributed by atoms with van der Waals surface area (Å²) < 4.78 is 27.8. The van der Waals surface area contributed by atoms with E-state index < -0.39 is 10.0 Å². The normalized spacial score (nSPS) is 33.3. The van der Waals surface area contributed by atoms with Crippen molar-refractivity contribution in [2.45, 2.75) is 70.6 Å². The van der Waals surface area contributed by atoms with Crippen molar-refractivity contribution < 1.29 is 13.2 Å². The maximum atomic E-state index is 13.4. The van der Waals surface area contributed by atoms with Gasteiger partial charge in [-0.05, 0) is 86.0 Å². The van der Waals surface area contributed by atoms with Gasteiger partial charge in [-0.15, -0.1) is 10.2 Å². The smallest absolute Gasteiger partial charge is 0.263 e. The van der Waals surface area contributed by atoms with Crippen molar-refractivity contribution in [3.05, 3.63) is 29.3 Å². The third kappa shape index (κ3) is 3.83. The quantitative estimate of drug-likeness (QED) is 0.624. The number of nitrogens with zero attached hydrogens (tertiary/aromatic N) is 2. The molecule has 0 spiro atoms. The van der Waals surface area contributed by atoms with Gasteiger partial charge in [-0.3, -0.25) is 9.52 Å². The number of aryl methyl sites for hydroxylation is 1. The van der Waals surface area contributed by atoms with Crippen LogP contribution in [0.1, 0.15) is 64.3 Å². The number of rotatable bonds is 6. The molecule has 4 bridgehead atoms. The van der Waals surface area contributed by atoms with Crippen molar-refractivity contribution in [1.29, 1.82) is 0 Å². The summed E-state index contributed by atoms with van der Waals surface area (Å²) in [4.78, 5) is 13.6. The zero-order chi connectivity index (χ0) is 22.8. The Labute approximate surface area is 193 Å². The van der Waals surface area contributed by atoms with Gasteiger partial charge in [0.1, 0.15) is 5.01 Å². The highest BCUT2D eigenvalue weighted by Gasteiger charge is 2.62. The van der Waals surface area contributed by atoms with Crippen LogP contribution in [0.5, 0.6) is 0 Å². The molecule has 4 aliphatic carbocycles. The summed E-state index contributed by atoms with van der Waals surface area (Å²) >= 11 is 1.22. The van der Waals surface area contributed by atoms with E-state index in [1.807, 2.05) is 6.92 Å². The lowest BCUT2D eigenvalue weighted by Crippen LogP contribution is -2.58. The van der Waals surface area contributed by atoms with Crippen LogP contribution in [0.25, 0.3) is 0 Å². The fourth-order valence-corrected chi connectivity index (χ4v) is 9.20. The number of carbonyl (C=O) groups is 1. The third-order valence-corrected chi connectivity index (χ3v) is 9.99. The molecule has 1 heterocycles. The summed E-state index contributed by atoms with van der Waals surface area (Å²) in [6, 6.07) is 6.35. The molecule has 7 nitrogen and oxygen atoms in total. The topological polar surface area (TPSA) is 101 Å². The number of hydrogen-bond acceptors (Lipinski definition) is 6. The van der Waals surface area contributed by atoms with Crippen molar-refractivity contribution in [2.24, 2.45) is 22.2 Å². The Balaban J connectivity index is 1.30. The molecular formula is C23H30N4O3S2. The van der Waals surface area contributed by atoms with Crippen molar-refractivity contribution in [1.82, 2.24) is 10.2 Å². The zero-order valence-electron chi connectivity index (χ0n) is 18.8. The van der Waals surface area contributed by atoms with Gasteiger partial charge in [0.15, 0.2) is 0 Å². The molecule has 2 unspecified atom stereocenters. The highest BCUT2D eigenvalue weighted by molar-refractivity contribution is 7.93. The average Bonchev–Trinajstić information content (AvgIpc) is 3.12. The van der Waals surface area contributed by atoms with Crippen molar-refractivity contribution >= 4 is 38.1 Å². The number of sulfonamides is 1. The largest absolute Gasteiger partial charge is 0.326 e. The highest BCUT2D eigenvalue weighted by atomic mass is 32.2. The first kappa shape index (κ1) is 21.8. The van der Waals surface area contributed by atoms with Gasteiger partial charge in [0.05, 0.1) is 10.3 Å². The molecule has 4 aliphatic rings. The first-order valence-corrected chi connectivity index (χ1v) is 13.6. The van der Waals surface area contributed by atoms with Crippen LogP contribution in [0.15, 0.2) is 29.2 Å². The van der Waals surface area contributed by atoms with Crippen LogP contribution < -0.4 is 10.0 Å². The average molecular weight is 475 g/mol. The zero-order valence-corrected chi connectivity index (χ0v) is 20.4. The lowest BCUT2D eigenvalue weighted by molar-refractivity contribution is -0.165. The monoisotopic (exact) mass is 474 g/mol. The second-order valence-corrected chi connectivity index (χ2v) is 13.6. The molecule has 172 valence electrons. The number of benzene rings is 1. The van der Waals surface area contributed by atoms with Gasteiger partial charge in [-0.1, -0.05) is 32.1 Å². The number of carbonyl (C=O) groups excluding carboxylic acids is 1. The minimum absolute atomic E-state index is 0.0914. The van der Waals surface area contributed by atoms with E-state index in [1.165, 1.54) is 42.7 Å². The Hall–Kier alpha value is -2.00. The lowest BCUT2D eigenvalue weighted by Gasteiger charge is -2.64. The molecule has 1 amide bonds. The van der Waals surface area contributed by atoms with E-state index in [0.29, 0.717) is 18.0 Å². The molecule has 0 saturated heterocycles. The van der Waals surface area contributed by atoms with Crippen LogP contribution in [0.4, 0.5) is 10.8 Å². The number of nitrogens with one attached hydrogen (secondary N) is 2. The van der Waals surface area contributed by atoms with Crippen LogP contribution in [-0.2, 0) is 21.2 Å². The minimum Gasteiger partial charge on any atom is -0.326 e. The maximum absolute atomic E-state index is 13.4. The van der Waals surface area contributed by atoms with Crippen molar-refractivity contribution in [3.63, 3.8) is 0 Å². The third-order valence-electron chi connectivity index (χ3n) is 7.52. The van der Waals surface area contributed by atoms with Crippen molar-refractivity contribution in [3.8, 4) is 0 Å². The van der Waals surface area contributed by atoms with Crippen LogP contribution in [0.2, 0.25) is 0 Å². The molecule has 9 heteroatoms. The molecule has 2 aromatic rings. The van der Waals surface area contributed by atoms with Gasteiger partial charge >= 0.3 is 0 Å². The Kier molecular flexibility index (Phi) is 4.94. The van der Waals surface area contributed by atoms with Crippen LogP contribution in [0.3, 0.4) is 0 Å². The van der Waals surface area contributed by atoms with E-state index in [1.54, 1.807) is 12.1 Å². The van der Waals surface area contributed by atoms with E-state index in [-0.39, 0.29) is 32.2 Å². The molecule has 4 saturated carbocycles. The summed E-state index contributed by atoms with van der Waals surface area (Å²) in [5, 5.41) is 11.9. The van der Waals surface area contributed by atoms with E-state index in [2.05, 4.69) is 34.1 Å². The summed E-state index contributed by atoms with van der Waals surface area (Å²) in [5.41, 5.74) is 0.850. The molecule has 1 aromatic carbocycles. The predicted molar refractivity (Wildman–Crippen MR) is 125 cm³/mol. The van der Waals surface area contributed by atoms with E-state index in [9.17, 15) is 13.2 Å². The van der Waals surface area contributed by atoms with Crippen LogP contribution >= 0.6 is 11.3 Å². The molecule has 4 atom stereocenters. The van der Waals surface area contributed by atoms with E-state index in [0.717, 1.165) is 24.3 Å². The number of anilines is 2. The van der Waals surface area contributed by atoms with Crippen molar-refractivity contribution in [2.75, 3.05) is 10.0 Å². The van der Waals surface area contributed by atoms with Gasteiger partial charge in [0.25, 0.3) is 10.0 Å². The summed E-state index contributed by atoms with van der Waals surface area (Å²) in [7, 11) is -3.76. The molecule has 0 radical (unpaired) electrons. The van der Waals surface area contributed by atoms with Gasteiger partial charge in [-0.2, -0.15) is 0 Å². The standard InChI is InChI=1S/C23H30N4O3S2/c1-4-18-25-26-20(31-18)27-32(29,30)17-7-5-16(6-8-17)24-19(28)23-11-15-9-21(2,13-23)12-22(3,10-15)14-23/h5-8,15H,4,9-14H2,1-3H3,(H,24,28)(H,26,27)/t15?,21-,22+,23?. The SMILES string of the molecule is CCc1nnc(NS(=O)(=O)c2ccc(NC(=O)C34CC5C[C@@](C)(C3)C[C@](C)(C5)C4)cc2)s1. The first-order valence-electron chi connectivity index (χ1n) is 11.3. The first-order chi connectivity index (χ1) is 15.0. The molecule has 32 heavy (non-hydrogen) atoms. The van der Waals surface area contributed by atoms with Crippen LogP contribution in [0, 0.1) is 22.2 Å².